The van der Waals surface area contributed by atoms with Crippen LogP contribution >= 0.6 is 0 Å². The van der Waals surface area contributed by atoms with Crippen molar-refractivity contribution >= 4 is 5.69 Å². The molecule has 0 saturated heterocycles. The number of nitrogens with two attached hydrogens (primary N) is 1. The van der Waals surface area contributed by atoms with Gasteiger partial charge in [-0.2, -0.15) is 0 Å². The first-order valence-corrected chi connectivity index (χ1v) is 5.59. The van der Waals surface area contributed by atoms with E-state index in [1.165, 1.54) is 0 Å². The Bertz CT molecular complexity index is 342. The van der Waals surface area contributed by atoms with Gasteiger partial charge < -0.3 is 15.7 Å². The van der Waals surface area contributed by atoms with Crippen LogP contribution < -0.4 is 10.6 Å². The van der Waals surface area contributed by atoms with E-state index in [9.17, 15) is 5.11 Å². The van der Waals surface area contributed by atoms with Gasteiger partial charge in [-0.3, -0.25) is 0 Å². The number of hydrogen-bond acceptors (Lipinski definition) is 3. The molecule has 0 spiro atoms. The van der Waals surface area contributed by atoms with Crippen molar-refractivity contribution < 1.29 is 5.11 Å². The fourth-order valence-electron chi connectivity index (χ4n) is 1.89. The molecule has 1 atom stereocenters. The van der Waals surface area contributed by atoms with Crippen LogP contribution in [0, 0.1) is 0 Å². The van der Waals surface area contributed by atoms with Gasteiger partial charge in [0.1, 0.15) is 0 Å². The van der Waals surface area contributed by atoms with Crippen LogP contribution in [0.2, 0.25) is 0 Å². The van der Waals surface area contributed by atoms with Gasteiger partial charge in [-0.25, -0.2) is 0 Å². The van der Waals surface area contributed by atoms with Crippen LogP contribution in [0.4, 0.5) is 5.69 Å². The summed E-state index contributed by atoms with van der Waals surface area (Å²) in [6, 6.07) is 8.04. The predicted octanol–water partition coefficient (Wildman–Crippen LogP) is 1.91. The molecule has 0 aliphatic carbocycles. The quantitative estimate of drug-likeness (QED) is 0.818. The molecule has 90 valence electrons. The summed E-state index contributed by atoms with van der Waals surface area (Å²) >= 11 is 0. The molecule has 0 unspecified atom stereocenters. The van der Waals surface area contributed by atoms with Crippen LogP contribution in [0.3, 0.4) is 0 Å². The van der Waals surface area contributed by atoms with Crippen molar-refractivity contribution in [1.82, 2.24) is 0 Å². The molecule has 0 fully saturated rings. The lowest BCUT2D eigenvalue weighted by Crippen LogP contribution is -2.36. The van der Waals surface area contributed by atoms with Crippen LogP contribution in [0.25, 0.3) is 0 Å². The number of nitrogens with zero attached hydrogens (tertiary/aromatic N) is 1. The molecule has 3 N–H and O–H groups in total. The highest BCUT2D eigenvalue weighted by Gasteiger charge is 2.18. The molecule has 0 amide bonds. The first kappa shape index (κ1) is 13.0. The second-order valence-corrected chi connectivity index (χ2v) is 5.02. The Morgan fingerprint density at radius 1 is 1.38 bits per heavy atom. The lowest BCUT2D eigenvalue weighted by molar-refractivity contribution is 0.0886. The van der Waals surface area contributed by atoms with Gasteiger partial charge in [0.25, 0.3) is 0 Å². The molecule has 0 aromatic heterocycles. The first-order valence-electron chi connectivity index (χ1n) is 5.59. The summed E-state index contributed by atoms with van der Waals surface area (Å²) in [4.78, 5) is 2.04. The summed E-state index contributed by atoms with van der Waals surface area (Å²) < 4.78 is 0. The molecule has 0 aliphatic heterocycles. The summed E-state index contributed by atoms with van der Waals surface area (Å²) in [7, 11) is 1.97. The van der Waals surface area contributed by atoms with E-state index in [1.54, 1.807) is 13.8 Å². The van der Waals surface area contributed by atoms with Gasteiger partial charge in [0.2, 0.25) is 0 Å². The van der Waals surface area contributed by atoms with Crippen molar-refractivity contribution in [1.29, 1.82) is 0 Å². The molecule has 1 aromatic rings. The van der Waals surface area contributed by atoms with Crippen molar-refractivity contribution in [3.8, 4) is 0 Å². The number of benzene rings is 1. The molecule has 3 nitrogen and oxygen atoms in total. The SMILES string of the molecule is C[C@H](N)c1ccccc1N(C)CC(C)(C)O. The molecule has 1 rings (SSSR count). The molecule has 0 bridgehead atoms. The minimum atomic E-state index is -0.709. The lowest BCUT2D eigenvalue weighted by atomic mass is 10.0. The Labute approximate surface area is 97.9 Å². The molecular weight excluding hydrogens is 200 g/mol. The zero-order valence-electron chi connectivity index (χ0n) is 10.6. The lowest BCUT2D eigenvalue weighted by Gasteiger charge is -2.29. The van der Waals surface area contributed by atoms with Crippen molar-refractivity contribution in [3.05, 3.63) is 29.8 Å². The summed E-state index contributed by atoms with van der Waals surface area (Å²) in [5.41, 5.74) is 7.41. The van der Waals surface area contributed by atoms with E-state index in [0.717, 1.165) is 11.3 Å². The second-order valence-electron chi connectivity index (χ2n) is 5.02. The van der Waals surface area contributed by atoms with Gasteiger partial charge >= 0.3 is 0 Å². The fourth-order valence-corrected chi connectivity index (χ4v) is 1.89. The smallest absolute Gasteiger partial charge is 0.0765 e. The van der Waals surface area contributed by atoms with E-state index in [1.807, 2.05) is 43.1 Å². The van der Waals surface area contributed by atoms with Crippen LogP contribution in [-0.4, -0.2) is 24.3 Å². The minimum absolute atomic E-state index is 0.000421. The van der Waals surface area contributed by atoms with Crippen LogP contribution in [0.15, 0.2) is 24.3 Å². The Balaban J connectivity index is 2.95. The van der Waals surface area contributed by atoms with E-state index >= 15 is 0 Å². The van der Waals surface area contributed by atoms with E-state index in [4.69, 9.17) is 5.73 Å². The highest BCUT2D eigenvalue weighted by molar-refractivity contribution is 5.54. The maximum absolute atomic E-state index is 9.81. The maximum atomic E-state index is 9.81. The highest BCUT2D eigenvalue weighted by atomic mass is 16.3. The zero-order valence-corrected chi connectivity index (χ0v) is 10.6. The van der Waals surface area contributed by atoms with E-state index in [2.05, 4.69) is 0 Å². The van der Waals surface area contributed by atoms with Gasteiger partial charge in [-0.1, -0.05) is 18.2 Å². The van der Waals surface area contributed by atoms with Crippen molar-refractivity contribution in [2.45, 2.75) is 32.4 Å². The zero-order chi connectivity index (χ0) is 12.3. The van der Waals surface area contributed by atoms with Crippen molar-refractivity contribution in [3.63, 3.8) is 0 Å². The Morgan fingerprint density at radius 2 is 1.94 bits per heavy atom. The van der Waals surface area contributed by atoms with Gasteiger partial charge in [0.05, 0.1) is 5.60 Å². The Hall–Kier alpha value is -1.06. The van der Waals surface area contributed by atoms with Gasteiger partial charge in [-0.15, -0.1) is 0 Å². The van der Waals surface area contributed by atoms with Crippen molar-refractivity contribution in [2.75, 3.05) is 18.5 Å². The maximum Gasteiger partial charge on any atom is 0.0765 e. The van der Waals surface area contributed by atoms with Crippen molar-refractivity contribution in [2.24, 2.45) is 5.73 Å². The monoisotopic (exact) mass is 222 g/mol. The van der Waals surface area contributed by atoms with Gasteiger partial charge in [0, 0.05) is 25.3 Å². The molecule has 0 radical (unpaired) electrons. The summed E-state index contributed by atoms with van der Waals surface area (Å²) in [5.74, 6) is 0. The number of likely N-dealkylation sites (N-methyl/N-ethyl adjacent to an activating group) is 1. The summed E-state index contributed by atoms with van der Waals surface area (Å²) in [6.07, 6.45) is 0. The highest BCUT2D eigenvalue weighted by Crippen LogP contribution is 2.25. The average Bonchev–Trinajstić information content (AvgIpc) is 2.15. The number of rotatable bonds is 4. The molecule has 16 heavy (non-hydrogen) atoms. The fraction of sp³-hybridized carbons (Fsp3) is 0.538. The summed E-state index contributed by atoms with van der Waals surface area (Å²) in [6.45, 7) is 6.16. The summed E-state index contributed by atoms with van der Waals surface area (Å²) in [5, 5.41) is 9.81. The molecule has 3 heteroatoms. The topological polar surface area (TPSA) is 49.5 Å². The largest absolute Gasteiger partial charge is 0.389 e. The van der Waals surface area contributed by atoms with Gasteiger partial charge in [-0.05, 0) is 32.4 Å². The number of para-hydroxylation sites is 1. The van der Waals surface area contributed by atoms with Gasteiger partial charge in [0.15, 0.2) is 0 Å². The number of aliphatic hydroxyl groups is 1. The molecule has 0 heterocycles. The normalized spacial score (nSPS) is 13.6. The van der Waals surface area contributed by atoms with E-state index in [-0.39, 0.29) is 6.04 Å². The third-order valence-corrected chi connectivity index (χ3v) is 2.46. The van der Waals surface area contributed by atoms with E-state index in [0.29, 0.717) is 6.54 Å². The molecule has 1 aromatic carbocycles. The standard InChI is InChI=1S/C13H22N2O/c1-10(14)11-7-5-6-8-12(11)15(4)9-13(2,3)16/h5-8,10,16H,9,14H2,1-4H3/t10-/m0/s1. The number of hydrogen-bond donors (Lipinski definition) is 2. The Morgan fingerprint density at radius 3 is 2.44 bits per heavy atom. The van der Waals surface area contributed by atoms with Crippen LogP contribution in [0.5, 0.6) is 0 Å². The van der Waals surface area contributed by atoms with E-state index < -0.39 is 5.60 Å². The molecule has 0 saturated carbocycles. The Kier molecular flexibility index (Phi) is 3.94. The predicted molar refractivity (Wildman–Crippen MR) is 68.6 cm³/mol. The minimum Gasteiger partial charge on any atom is -0.389 e. The van der Waals surface area contributed by atoms with Crippen LogP contribution in [-0.2, 0) is 0 Å². The second kappa shape index (κ2) is 4.85. The third-order valence-electron chi connectivity index (χ3n) is 2.46. The molecule has 0 aliphatic rings. The van der Waals surface area contributed by atoms with Crippen LogP contribution in [0.1, 0.15) is 32.4 Å². The first-order chi connectivity index (χ1) is 7.31. The third kappa shape index (κ3) is 3.51. The average molecular weight is 222 g/mol. The number of anilines is 1. The molecular formula is C13H22N2O.